The van der Waals surface area contributed by atoms with E-state index in [-0.39, 0.29) is 0 Å². The maximum Gasteiger partial charge on any atom is 0.139 e. The van der Waals surface area contributed by atoms with E-state index < -0.39 is 0 Å². The predicted octanol–water partition coefficient (Wildman–Crippen LogP) is 2.39. The fourth-order valence-corrected chi connectivity index (χ4v) is 3.19. The van der Waals surface area contributed by atoms with Gasteiger partial charge in [0.1, 0.15) is 5.78 Å². The molecule has 0 aromatic heterocycles. The lowest BCUT2D eigenvalue weighted by Gasteiger charge is -2.46. The quantitative estimate of drug-likeness (QED) is 0.662. The normalized spacial score (nSPS) is 36.2. The summed E-state index contributed by atoms with van der Waals surface area (Å²) in [7, 11) is 2.22. The summed E-state index contributed by atoms with van der Waals surface area (Å²) in [6.45, 7) is 3.65. The summed E-state index contributed by atoms with van der Waals surface area (Å²) in [6.07, 6.45) is 8.39. The number of Topliss-reactive ketones (excluding diaryl/α,β-unsaturated/α-hetero) is 1. The topological polar surface area (TPSA) is 20.3 Å². The van der Waals surface area contributed by atoms with Crippen LogP contribution < -0.4 is 0 Å². The number of carbonyl (C=O) groups excluding carboxylic acids is 1. The summed E-state index contributed by atoms with van der Waals surface area (Å²) < 4.78 is 0. The zero-order chi connectivity index (χ0) is 10.8. The van der Waals surface area contributed by atoms with Gasteiger partial charge in [-0.2, -0.15) is 0 Å². The van der Waals surface area contributed by atoms with Gasteiger partial charge in [-0.15, -0.1) is 6.58 Å². The predicted molar refractivity (Wildman–Crippen MR) is 61.7 cm³/mol. The highest BCUT2D eigenvalue weighted by Crippen LogP contribution is 2.36. The molecule has 2 rings (SSSR count). The summed E-state index contributed by atoms with van der Waals surface area (Å²) >= 11 is 0. The SMILES string of the molecule is C=CCC(=O)C1CC2CCCC(C1)N2C. The Morgan fingerprint density at radius 3 is 2.53 bits per heavy atom. The first kappa shape index (κ1) is 10.9. The van der Waals surface area contributed by atoms with Gasteiger partial charge in [0.05, 0.1) is 0 Å². The third-order valence-electron chi connectivity index (χ3n) is 4.14. The highest BCUT2D eigenvalue weighted by Gasteiger charge is 2.37. The van der Waals surface area contributed by atoms with Gasteiger partial charge < -0.3 is 4.90 Å². The molecule has 0 saturated carbocycles. The standard InChI is InChI=1S/C13H21NO/c1-3-5-13(15)10-8-11-6-4-7-12(9-10)14(11)2/h3,10-12H,1,4-9H2,2H3. The van der Waals surface area contributed by atoms with Crippen LogP contribution in [0.1, 0.15) is 38.5 Å². The van der Waals surface area contributed by atoms with Crippen LogP contribution in [-0.2, 0) is 4.79 Å². The summed E-state index contributed by atoms with van der Waals surface area (Å²) in [6, 6.07) is 1.33. The lowest BCUT2D eigenvalue weighted by Crippen LogP contribution is -2.50. The molecule has 0 N–H and O–H groups in total. The van der Waals surface area contributed by atoms with Crippen molar-refractivity contribution in [2.75, 3.05) is 7.05 Å². The number of ketones is 1. The van der Waals surface area contributed by atoms with E-state index in [1.807, 2.05) is 0 Å². The molecule has 2 fully saturated rings. The van der Waals surface area contributed by atoms with Gasteiger partial charge >= 0.3 is 0 Å². The minimum atomic E-state index is 0.314. The Hall–Kier alpha value is -0.630. The van der Waals surface area contributed by atoms with Crippen molar-refractivity contribution in [2.45, 2.75) is 50.6 Å². The molecule has 2 heterocycles. The Morgan fingerprint density at radius 2 is 2.00 bits per heavy atom. The summed E-state index contributed by atoms with van der Waals surface area (Å²) in [5.41, 5.74) is 0. The van der Waals surface area contributed by atoms with Crippen LogP contribution in [0.15, 0.2) is 12.7 Å². The average molecular weight is 207 g/mol. The van der Waals surface area contributed by atoms with Gasteiger partial charge in [0.2, 0.25) is 0 Å². The van der Waals surface area contributed by atoms with E-state index >= 15 is 0 Å². The highest BCUT2D eigenvalue weighted by molar-refractivity contribution is 5.82. The molecular weight excluding hydrogens is 186 g/mol. The van der Waals surface area contributed by atoms with Crippen molar-refractivity contribution < 1.29 is 4.79 Å². The number of carbonyl (C=O) groups is 1. The van der Waals surface area contributed by atoms with E-state index in [1.54, 1.807) is 6.08 Å². The molecule has 0 radical (unpaired) electrons. The third kappa shape index (κ3) is 2.15. The molecule has 0 aromatic rings. The van der Waals surface area contributed by atoms with E-state index in [1.165, 1.54) is 19.3 Å². The molecular formula is C13H21NO. The van der Waals surface area contributed by atoms with Crippen LogP contribution >= 0.6 is 0 Å². The van der Waals surface area contributed by atoms with Gasteiger partial charge in [0.25, 0.3) is 0 Å². The van der Waals surface area contributed by atoms with Crippen LogP contribution in [0.3, 0.4) is 0 Å². The van der Waals surface area contributed by atoms with Crippen molar-refractivity contribution in [3.8, 4) is 0 Å². The molecule has 0 amide bonds. The van der Waals surface area contributed by atoms with Crippen LogP contribution in [-0.4, -0.2) is 29.8 Å². The molecule has 2 nitrogen and oxygen atoms in total. The van der Waals surface area contributed by atoms with Crippen molar-refractivity contribution >= 4 is 5.78 Å². The maximum atomic E-state index is 11.8. The van der Waals surface area contributed by atoms with E-state index in [9.17, 15) is 4.79 Å². The van der Waals surface area contributed by atoms with Crippen LogP contribution in [0.2, 0.25) is 0 Å². The second-order valence-electron chi connectivity index (χ2n) is 5.03. The smallest absolute Gasteiger partial charge is 0.139 e. The minimum absolute atomic E-state index is 0.314. The van der Waals surface area contributed by atoms with Gasteiger partial charge in [0, 0.05) is 24.4 Å². The number of nitrogens with zero attached hydrogens (tertiary/aromatic N) is 1. The monoisotopic (exact) mass is 207 g/mol. The molecule has 0 spiro atoms. The molecule has 2 bridgehead atoms. The molecule has 2 aliphatic rings. The third-order valence-corrected chi connectivity index (χ3v) is 4.14. The van der Waals surface area contributed by atoms with E-state index in [4.69, 9.17) is 0 Å². The first-order valence-electron chi connectivity index (χ1n) is 6.08. The Bertz CT molecular complexity index is 247. The zero-order valence-corrected chi connectivity index (χ0v) is 9.61. The number of rotatable bonds is 3. The average Bonchev–Trinajstić information content (AvgIpc) is 2.17. The molecule has 15 heavy (non-hydrogen) atoms. The second-order valence-corrected chi connectivity index (χ2v) is 5.03. The van der Waals surface area contributed by atoms with Crippen LogP contribution in [0.4, 0.5) is 0 Å². The Labute approximate surface area is 92.3 Å². The molecule has 2 unspecified atom stereocenters. The Kier molecular flexibility index (Phi) is 3.25. The molecule has 2 heteroatoms. The number of piperidine rings is 2. The largest absolute Gasteiger partial charge is 0.300 e. The minimum Gasteiger partial charge on any atom is -0.300 e. The summed E-state index contributed by atoms with van der Waals surface area (Å²) in [5, 5.41) is 0. The lowest BCUT2D eigenvalue weighted by atomic mass is 9.76. The van der Waals surface area contributed by atoms with Gasteiger partial charge in [-0.05, 0) is 32.7 Å². The Morgan fingerprint density at radius 1 is 1.40 bits per heavy atom. The van der Waals surface area contributed by atoms with Crippen molar-refractivity contribution in [3.05, 3.63) is 12.7 Å². The molecule has 2 saturated heterocycles. The van der Waals surface area contributed by atoms with Gasteiger partial charge in [-0.3, -0.25) is 4.79 Å². The van der Waals surface area contributed by atoms with Crippen LogP contribution in [0.25, 0.3) is 0 Å². The lowest BCUT2D eigenvalue weighted by molar-refractivity contribution is -0.125. The maximum absolute atomic E-state index is 11.8. The second kappa shape index (κ2) is 4.48. The summed E-state index contributed by atoms with van der Waals surface area (Å²) in [4.78, 5) is 14.3. The number of hydrogen-bond donors (Lipinski definition) is 0. The fourth-order valence-electron chi connectivity index (χ4n) is 3.19. The zero-order valence-electron chi connectivity index (χ0n) is 9.61. The summed E-state index contributed by atoms with van der Waals surface area (Å²) in [5.74, 6) is 0.726. The number of hydrogen-bond acceptors (Lipinski definition) is 2. The van der Waals surface area contributed by atoms with E-state index in [2.05, 4.69) is 18.5 Å². The van der Waals surface area contributed by atoms with Gasteiger partial charge in [-0.25, -0.2) is 0 Å². The highest BCUT2D eigenvalue weighted by atomic mass is 16.1. The number of fused-ring (bicyclic) bond motifs is 2. The molecule has 0 aliphatic carbocycles. The van der Waals surface area contributed by atoms with Crippen LogP contribution in [0.5, 0.6) is 0 Å². The molecule has 2 aliphatic heterocycles. The van der Waals surface area contributed by atoms with Gasteiger partial charge in [-0.1, -0.05) is 12.5 Å². The van der Waals surface area contributed by atoms with E-state index in [0.29, 0.717) is 30.2 Å². The van der Waals surface area contributed by atoms with E-state index in [0.717, 1.165) is 12.8 Å². The van der Waals surface area contributed by atoms with Crippen molar-refractivity contribution in [3.63, 3.8) is 0 Å². The number of allylic oxidation sites excluding steroid dienone is 1. The molecule has 0 aromatic carbocycles. The Balaban J connectivity index is 2.00. The first-order valence-corrected chi connectivity index (χ1v) is 6.08. The fraction of sp³-hybridized carbons (Fsp3) is 0.769. The van der Waals surface area contributed by atoms with Crippen molar-refractivity contribution in [2.24, 2.45) is 5.92 Å². The first-order chi connectivity index (χ1) is 7.22. The molecule has 2 atom stereocenters. The van der Waals surface area contributed by atoms with Crippen molar-refractivity contribution in [1.82, 2.24) is 4.90 Å². The van der Waals surface area contributed by atoms with Crippen LogP contribution in [0, 0.1) is 5.92 Å². The van der Waals surface area contributed by atoms with Gasteiger partial charge in [0.15, 0.2) is 0 Å². The van der Waals surface area contributed by atoms with Crippen molar-refractivity contribution in [1.29, 1.82) is 0 Å². The molecule has 84 valence electrons.